The quantitative estimate of drug-likeness (QED) is 0.663. The molecule has 0 radical (unpaired) electrons. The number of halogens is 1. The van der Waals surface area contributed by atoms with E-state index in [2.05, 4.69) is 9.97 Å². The van der Waals surface area contributed by atoms with E-state index in [-0.39, 0.29) is 18.4 Å². The molecule has 4 heteroatoms. The van der Waals surface area contributed by atoms with Crippen LogP contribution in [0.2, 0.25) is 0 Å². The highest BCUT2D eigenvalue weighted by atomic mass is 35.5. The maximum atomic E-state index is 5.49. The fraction of sp³-hybridized carbons (Fsp3) is 0.333. The molecular weight excluding hydrogens is 150 g/mol. The Labute approximate surface area is 66.1 Å². The van der Waals surface area contributed by atoms with Crippen molar-refractivity contribution in [3.8, 4) is 0 Å². The molecule has 0 unspecified atom stereocenters. The van der Waals surface area contributed by atoms with Gasteiger partial charge in [-0.05, 0) is 13.0 Å². The number of hydrogen-bond acceptors (Lipinski definition) is 3. The van der Waals surface area contributed by atoms with E-state index in [1.807, 2.05) is 6.92 Å². The summed E-state index contributed by atoms with van der Waals surface area (Å²) in [6, 6.07) is 1.71. The second-order valence-corrected chi connectivity index (χ2v) is 1.90. The molecule has 0 saturated carbocycles. The summed E-state index contributed by atoms with van der Waals surface area (Å²) in [4.78, 5) is 7.88. The van der Waals surface area contributed by atoms with Crippen molar-refractivity contribution in [1.29, 1.82) is 0 Å². The van der Waals surface area contributed by atoms with Gasteiger partial charge in [-0.3, -0.25) is 0 Å². The SMILES string of the molecule is C[C@@H](N)c1ncccn1.Cl. The van der Waals surface area contributed by atoms with Gasteiger partial charge in [-0.15, -0.1) is 12.4 Å². The molecule has 1 atom stereocenters. The number of rotatable bonds is 1. The first-order valence-corrected chi connectivity index (χ1v) is 2.83. The number of aromatic nitrogens is 2. The summed E-state index contributed by atoms with van der Waals surface area (Å²) in [6.07, 6.45) is 3.37. The molecule has 0 aliphatic heterocycles. The minimum atomic E-state index is -0.0637. The van der Waals surface area contributed by atoms with Gasteiger partial charge in [0, 0.05) is 12.4 Å². The first-order valence-electron chi connectivity index (χ1n) is 2.83. The molecule has 0 spiro atoms. The zero-order valence-corrected chi connectivity index (χ0v) is 6.51. The van der Waals surface area contributed by atoms with Gasteiger partial charge < -0.3 is 5.73 Å². The zero-order chi connectivity index (χ0) is 6.69. The van der Waals surface area contributed by atoms with Gasteiger partial charge in [-0.2, -0.15) is 0 Å². The smallest absolute Gasteiger partial charge is 0.144 e. The maximum absolute atomic E-state index is 5.49. The Bertz CT molecular complexity index is 176. The Hall–Kier alpha value is -0.670. The Morgan fingerprint density at radius 3 is 2.20 bits per heavy atom. The zero-order valence-electron chi connectivity index (χ0n) is 5.69. The van der Waals surface area contributed by atoms with E-state index in [1.165, 1.54) is 0 Å². The van der Waals surface area contributed by atoms with Crippen molar-refractivity contribution in [3.63, 3.8) is 0 Å². The van der Waals surface area contributed by atoms with Gasteiger partial charge in [0.25, 0.3) is 0 Å². The summed E-state index contributed by atoms with van der Waals surface area (Å²) in [7, 11) is 0. The number of hydrogen-bond donors (Lipinski definition) is 1. The average molecular weight is 160 g/mol. The van der Waals surface area contributed by atoms with E-state index >= 15 is 0 Å². The molecule has 0 fully saturated rings. The van der Waals surface area contributed by atoms with Crippen LogP contribution in [-0.4, -0.2) is 9.97 Å². The van der Waals surface area contributed by atoms with Crippen LogP contribution in [-0.2, 0) is 0 Å². The van der Waals surface area contributed by atoms with E-state index in [1.54, 1.807) is 18.5 Å². The summed E-state index contributed by atoms with van der Waals surface area (Å²) in [6.45, 7) is 1.86. The van der Waals surface area contributed by atoms with Gasteiger partial charge in [0.1, 0.15) is 5.82 Å². The molecule has 0 aliphatic rings. The van der Waals surface area contributed by atoms with Crippen LogP contribution < -0.4 is 5.73 Å². The first kappa shape index (κ1) is 9.33. The molecule has 0 aliphatic carbocycles. The highest BCUT2D eigenvalue weighted by Crippen LogP contribution is 1.97. The monoisotopic (exact) mass is 159 g/mol. The average Bonchev–Trinajstić information content (AvgIpc) is 1.90. The van der Waals surface area contributed by atoms with Crippen molar-refractivity contribution < 1.29 is 0 Å². The third kappa shape index (κ3) is 2.29. The molecule has 0 amide bonds. The first-order chi connectivity index (χ1) is 4.30. The normalized spacial score (nSPS) is 11.8. The second-order valence-electron chi connectivity index (χ2n) is 1.90. The molecule has 10 heavy (non-hydrogen) atoms. The Kier molecular flexibility index (Phi) is 3.91. The molecule has 1 heterocycles. The third-order valence-electron chi connectivity index (χ3n) is 0.993. The summed E-state index contributed by atoms with van der Waals surface area (Å²) in [5.41, 5.74) is 5.49. The van der Waals surface area contributed by atoms with Crippen LogP contribution in [0.25, 0.3) is 0 Å². The van der Waals surface area contributed by atoms with Gasteiger partial charge in [-0.1, -0.05) is 0 Å². The standard InChI is InChI=1S/C6H9N3.ClH/c1-5(7)6-8-3-2-4-9-6;/h2-5H,7H2,1H3;1H/t5-;/m1./s1. The fourth-order valence-electron chi connectivity index (χ4n) is 0.546. The predicted octanol–water partition coefficient (Wildman–Crippen LogP) is 0.918. The van der Waals surface area contributed by atoms with Crippen LogP contribution in [0.3, 0.4) is 0 Å². The van der Waals surface area contributed by atoms with Crippen molar-refractivity contribution in [2.75, 3.05) is 0 Å². The van der Waals surface area contributed by atoms with Crippen molar-refractivity contribution in [3.05, 3.63) is 24.3 Å². The molecular formula is C6H10ClN3. The van der Waals surface area contributed by atoms with Gasteiger partial charge in [0.2, 0.25) is 0 Å². The Balaban J connectivity index is 0.000000810. The van der Waals surface area contributed by atoms with Gasteiger partial charge in [0.15, 0.2) is 0 Å². The van der Waals surface area contributed by atoms with E-state index in [4.69, 9.17) is 5.73 Å². The molecule has 1 rings (SSSR count). The molecule has 0 saturated heterocycles. The predicted molar refractivity (Wildman–Crippen MR) is 41.9 cm³/mol. The summed E-state index contributed by atoms with van der Waals surface area (Å²) in [5, 5.41) is 0. The van der Waals surface area contributed by atoms with Crippen molar-refractivity contribution >= 4 is 12.4 Å². The molecule has 0 bridgehead atoms. The van der Waals surface area contributed by atoms with Crippen LogP contribution in [0.1, 0.15) is 18.8 Å². The Morgan fingerprint density at radius 2 is 1.90 bits per heavy atom. The lowest BCUT2D eigenvalue weighted by Crippen LogP contribution is -2.08. The van der Waals surface area contributed by atoms with Crippen LogP contribution in [0.4, 0.5) is 0 Å². The maximum Gasteiger partial charge on any atom is 0.144 e. The van der Waals surface area contributed by atoms with Crippen LogP contribution in [0, 0.1) is 0 Å². The molecule has 1 aromatic rings. The van der Waals surface area contributed by atoms with Gasteiger partial charge in [-0.25, -0.2) is 9.97 Å². The molecule has 0 aromatic carbocycles. The lowest BCUT2D eigenvalue weighted by atomic mass is 10.3. The molecule has 1 aromatic heterocycles. The van der Waals surface area contributed by atoms with Gasteiger partial charge in [0.05, 0.1) is 6.04 Å². The summed E-state index contributed by atoms with van der Waals surface area (Å²) < 4.78 is 0. The third-order valence-corrected chi connectivity index (χ3v) is 0.993. The van der Waals surface area contributed by atoms with Crippen LogP contribution in [0.5, 0.6) is 0 Å². The highest BCUT2D eigenvalue weighted by molar-refractivity contribution is 5.85. The van der Waals surface area contributed by atoms with Gasteiger partial charge >= 0.3 is 0 Å². The number of nitrogens with two attached hydrogens (primary N) is 1. The second kappa shape index (κ2) is 4.19. The van der Waals surface area contributed by atoms with E-state index in [0.29, 0.717) is 5.82 Å². The lowest BCUT2D eigenvalue weighted by Gasteiger charge is -1.99. The largest absolute Gasteiger partial charge is 0.322 e. The molecule has 2 N–H and O–H groups in total. The van der Waals surface area contributed by atoms with E-state index < -0.39 is 0 Å². The highest BCUT2D eigenvalue weighted by Gasteiger charge is 1.97. The van der Waals surface area contributed by atoms with Crippen molar-refractivity contribution in [2.45, 2.75) is 13.0 Å². The van der Waals surface area contributed by atoms with Crippen molar-refractivity contribution in [1.82, 2.24) is 9.97 Å². The van der Waals surface area contributed by atoms with E-state index in [0.717, 1.165) is 0 Å². The minimum absolute atomic E-state index is 0. The summed E-state index contributed by atoms with van der Waals surface area (Å²) in [5.74, 6) is 0.692. The van der Waals surface area contributed by atoms with Crippen LogP contribution in [0.15, 0.2) is 18.5 Å². The molecule has 3 nitrogen and oxygen atoms in total. The lowest BCUT2D eigenvalue weighted by molar-refractivity contribution is 0.739. The Morgan fingerprint density at radius 1 is 1.40 bits per heavy atom. The topological polar surface area (TPSA) is 51.8 Å². The molecule has 56 valence electrons. The minimum Gasteiger partial charge on any atom is -0.322 e. The fourth-order valence-corrected chi connectivity index (χ4v) is 0.546. The summed E-state index contributed by atoms with van der Waals surface area (Å²) >= 11 is 0. The van der Waals surface area contributed by atoms with E-state index in [9.17, 15) is 0 Å². The number of nitrogens with zero attached hydrogens (tertiary/aromatic N) is 2. The van der Waals surface area contributed by atoms with Crippen LogP contribution >= 0.6 is 12.4 Å². The van der Waals surface area contributed by atoms with Crippen molar-refractivity contribution in [2.24, 2.45) is 5.73 Å².